The Balaban J connectivity index is 2.04. The van der Waals surface area contributed by atoms with Crippen molar-refractivity contribution in [3.8, 4) is 5.75 Å². The molecule has 3 unspecified atom stereocenters. The highest BCUT2D eigenvalue weighted by Gasteiger charge is 2.26. The summed E-state index contributed by atoms with van der Waals surface area (Å²) in [5.41, 5.74) is 0.653. The number of ether oxygens (including phenoxy) is 1. The van der Waals surface area contributed by atoms with E-state index in [0.29, 0.717) is 17.2 Å². The molecule has 0 spiro atoms. The van der Waals surface area contributed by atoms with E-state index in [9.17, 15) is 4.39 Å². The first kappa shape index (κ1) is 12.4. The summed E-state index contributed by atoms with van der Waals surface area (Å²) in [5.74, 6) is 1.63. The van der Waals surface area contributed by atoms with Crippen molar-refractivity contribution in [2.75, 3.05) is 0 Å². The van der Waals surface area contributed by atoms with Gasteiger partial charge in [0.1, 0.15) is 0 Å². The van der Waals surface area contributed by atoms with Gasteiger partial charge in [0.15, 0.2) is 11.6 Å². The van der Waals surface area contributed by atoms with Crippen LogP contribution in [0.2, 0.25) is 0 Å². The van der Waals surface area contributed by atoms with Crippen LogP contribution in [0.1, 0.15) is 38.7 Å². The molecule has 1 aliphatic carbocycles. The minimum atomic E-state index is -0.209. The van der Waals surface area contributed by atoms with E-state index < -0.39 is 0 Å². The van der Waals surface area contributed by atoms with Crippen molar-refractivity contribution in [2.24, 2.45) is 11.8 Å². The van der Waals surface area contributed by atoms with Gasteiger partial charge in [0.05, 0.1) is 6.10 Å². The Bertz CT molecular complexity index is 389. The highest BCUT2D eigenvalue weighted by atomic mass is 19.1. The van der Waals surface area contributed by atoms with E-state index >= 15 is 0 Å². The van der Waals surface area contributed by atoms with Gasteiger partial charge in [0.25, 0.3) is 0 Å². The number of aryl methyl sites for hydroxylation is 1. The summed E-state index contributed by atoms with van der Waals surface area (Å²) in [4.78, 5) is 0. The van der Waals surface area contributed by atoms with E-state index in [1.807, 2.05) is 6.07 Å². The van der Waals surface area contributed by atoms with Gasteiger partial charge in [-0.05, 0) is 49.7 Å². The smallest absolute Gasteiger partial charge is 0.167 e. The summed E-state index contributed by atoms with van der Waals surface area (Å²) in [6.45, 7) is 6.31. The maximum Gasteiger partial charge on any atom is 0.167 e. The molecule has 1 saturated carbocycles. The Hall–Kier alpha value is -1.05. The normalized spacial score (nSPS) is 29.1. The lowest BCUT2D eigenvalue weighted by molar-refractivity contribution is 0.0967. The van der Waals surface area contributed by atoms with Crippen LogP contribution < -0.4 is 4.74 Å². The molecule has 0 heterocycles. The highest BCUT2D eigenvalue weighted by molar-refractivity contribution is 5.30. The third-order valence-electron chi connectivity index (χ3n) is 4.00. The van der Waals surface area contributed by atoms with Gasteiger partial charge in [0, 0.05) is 0 Å². The van der Waals surface area contributed by atoms with Crippen LogP contribution in [-0.4, -0.2) is 6.10 Å². The Morgan fingerprint density at radius 1 is 1.18 bits per heavy atom. The molecule has 0 bridgehead atoms. The summed E-state index contributed by atoms with van der Waals surface area (Å²) in [6.07, 6.45) is 3.43. The van der Waals surface area contributed by atoms with Gasteiger partial charge in [-0.3, -0.25) is 0 Å². The van der Waals surface area contributed by atoms with Crippen molar-refractivity contribution in [1.29, 1.82) is 0 Å². The Kier molecular flexibility index (Phi) is 3.70. The summed E-state index contributed by atoms with van der Waals surface area (Å²) < 4.78 is 19.6. The lowest BCUT2D eigenvalue weighted by atomic mass is 9.80. The van der Waals surface area contributed by atoms with E-state index in [2.05, 4.69) is 13.8 Å². The number of rotatable bonds is 2. The van der Waals surface area contributed by atoms with Crippen LogP contribution in [0.15, 0.2) is 18.2 Å². The maximum absolute atomic E-state index is 13.8. The van der Waals surface area contributed by atoms with Gasteiger partial charge >= 0.3 is 0 Å². The molecule has 0 N–H and O–H groups in total. The molecule has 0 saturated heterocycles. The summed E-state index contributed by atoms with van der Waals surface area (Å²) in [5, 5.41) is 0. The first-order chi connectivity index (χ1) is 8.08. The number of halogens is 1. The summed E-state index contributed by atoms with van der Waals surface area (Å²) in [7, 11) is 0. The minimum Gasteiger partial charge on any atom is -0.487 e. The lowest BCUT2D eigenvalue weighted by Crippen LogP contribution is -2.29. The van der Waals surface area contributed by atoms with E-state index in [4.69, 9.17) is 4.74 Å². The van der Waals surface area contributed by atoms with Gasteiger partial charge in [-0.2, -0.15) is 0 Å². The predicted molar refractivity (Wildman–Crippen MR) is 67.7 cm³/mol. The van der Waals surface area contributed by atoms with Crippen molar-refractivity contribution in [3.63, 3.8) is 0 Å². The lowest BCUT2D eigenvalue weighted by Gasteiger charge is -2.32. The molecule has 0 aliphatic heterocycles. The second-order valence-electron chi connectivity index (χ2n) is 5.39. The van der Waals surface area contributed by atoms with Gasteiger partial charge in [-0.25, -0.2) is 4.39 Å². The first-order valence-corrected chi connectivity index (χ1v) is 6.49. The van der Waals surface area contributed by atoms with Crippen LogP contribution >= 0.6 is 0 Å². The molecule has 0 radical (unpaired) electrons. The van der Waals surface area contributed by atoms with E-state index in [0.717, 1.165) is 18.8 Å². The molecular weight excluding hydrogens is 215 g/mol. The second kappa shape index (κ2) is 5.07. The minimum absolute atomic E-state index is 0.178. The molecule has 1 aromatic carbocycles. The van der Waals surface area contributed by atoms with Crippen molar-refractivity contribution in [1.82, 2.24) is 0 Å². The molecule has 1 aromatic rings. The summed E-state index contributed by atoms with van der Waals surface area (Å²) in [6, 6.07) is 5.35. The quantitative estimate of drug-likeness (QED) is 0.742. The Morgan fingerprint density at radius 3 is 2.65 bits per heavy atom. The topological polar surface area (TPSA) is 9.23 Å². The van der Waals surface area contributed by atoms with Crippen LogP contribution in [0.25, 0.3) is 0 Å². The van der Waals surface area contributed by atoms with Crippen LogP contribution in [-0.2, 0) is 0 Å². The zero-order chi connectivity index (χ0) is 12.4. The van der Waals surface area contributed by atoms with Gasteiger partial charge < -0.3 is 4.74 Å². The van der Waals surface area contributed by atoms with Gasteiger partial charge in [-0.15, -0.1) is 0 Å². The fraction of sp³-hybridized carbons (Fsp3) is 0.600. The highest BCUT2D eigenvalue weighted by Crippen LogP contribution is 2.32. The van der Waals surface area contributed by atoms with Crippen LogP contribution in [0.4, 0.5) is 4.39 Å². The first-order valence-electron chi connectivity index (χ1n) is 6.49. The number of hydrogen-bond acceptors (Lipinski definition) is 1. The average Bonchev–Trinajstić information content (AvgIpc) is 2.30. The van der Waals surface area contributed by atoms with Crippen molar-refractivity contribution in [3.05, 3.63) is 29.6 Å². The second-order valence-corrected chi connectivity index (χ2v) is 5.39. The van der Waals surface area contributed by atoms with Crippen LogP contribution in [0, 0.1) is 24.6 Å². The SMILES string of the molecule is Cc1cccc(OC2CCC(C)C(C)C2)c1F. The van der Waals surface area contributed by atoms with E-state index in [1.165, 1.54) is 6.42 Å². The predicted octanol–water partition coefficient (Wildman–Crippen LogP) is 4.34. The third-order valence-corrected chi connectivity index (χ3v) is 4.00. The maximum atomic E-state index is 13.8. The molecule has 17 heavy (non-hydrogen) atoms. The van der Waals surface area contributed by atoms with Gasteiger partial charge in [0.2, 0.25) is 0 Å². The molecule has 1 fully saturated rings. The molecule has 2 rings (SSSR count). The van der Waals surface area contributed by atoms with Crippen molar-refractivity contribution >= 4 is 0 Å². The molecule has 3 atom stereocenters. The molecule has 94 valence electrons. The summed E-state index contributed by atoms with van der Waals surface area (Å²) >= 11 is 0. The molecule has 0 amide bonds. The Morgan fingerprint density at radius 2 is 1.94 bits per heavy atom. The fourth-order valence-corrected chi connectivity index (χ4v) is 2.50. The van der Waals surface area contributed by atoms with E-state index in [1.54, 1.807) is 19.1 Å². The molecule has 1 aliphatic rings. The molecule has 0 aromatic heterocycles. The monoisotopic (exact) mass is 236 g/mol. The Labute approximate surface area is 103 Å². The van der Waals surface area contributed by atoms with E-state index in [-0.39, 0.29) is 11.9 Å². The molecule has 1 nitrogen and oxygen atoms in total. The average molecular weight is 236 g/mol. The fourth-order valence-electron chi connectivity index (χ4n) is 2.50. The number of hydrogen-bond donors (Lipinski definition) is 0. The number of benzene rings is 1. The zero-order valence-electron chi connectivity index (χ0n) is 10.9. The van der Waals surface area contributed by atoms with Crippen molar-refractivity contribution in [2.45, 2.75) is 46.1 Å². The van der Waals surface area contributed by atoms with Crippen molar-refractivity contribution < 1.29 is 9.13 Å². The van der Waals surface area contributed by atoms with Gasteiger partial charge in [-0.1, -0.05) is 26.0 Å². The third kappa shape index (κ3) is 2.80. The van der Waals surface area contributed by atoms with Crippen LogP contribution in [0.3, 0.4) is 0 Å². The largest absolute Gasteiger partial charge is 0.487 e. The standard InChI is InChI=1S/C15H21FO/c1-10-7-8-13(9-12(10)3)17-14-6-4-5-11(2)15(14)16/h4-6,10,12-13H,7-9H2,1-3H3. The molecular formula is C15H21FO. The zero-order valence-corrected chi connectivity index (χ0v) is 10.9. The van der Waals surface area contributed by atoms with Crippen LogP contribution in [0.5, 0.6) is 5.75 Å². The molecule has 2 heteroatoms.